The number of fused-ring (bicyclic) bond motifs is 4. The van der Waals surface area contributed by atoms with Crippen LogP contribution in [0.25, 0.3) is 0 Å². The molecule has 0 unspecified atom stereocenters. The van der Waals surface area contributed by atoms with Crippen LogP contribution in [0.15, 0.2) is 42.7 Å². The molecule has 4 heterocycles. The normalized spacial score (nSPS) is 23.5. The Hall–Kier alpha value is -3.47. The average molecular weight is 420 g/mol. The zero-order chi connectivity index (χ0) is 21.6. The molecule has 31 heavy (non-hydrogen) atoms. The topological polar surface area (TPSA) is 86.5 Å². The lowest BCUT2D eigenvalue weighted by Crippen LogP contribution is -2.53. The van der Waals surface area contributed by atoms with Gasteiger partial charge in [-0.15, -0.1) is 0 Å². The van der Waals surface area contributed by atoms with Crippen LogP contribution in [0.4, 0.5) is 4.39 Å². The number of aromatic nitrogens is 1. The number of pyridine rings is 1. The molecule has 0 radical (unpaired) electrons. The lowest BCUT2D eigenvalue weighted by Gasteiger charge is -2.38. The zero-order valence-corrected chi connectivity index (χ0v) is 16.8. The molecular formula is C23H21FN4O3. The molecule has 2 bridgehead atoms. The first-order valence-corrected chi connectivity index (χ1v) is 10.4. The smallest absolute Gasteiger partial charge is 0.261 e. The molecule has 7 nitrogen and oxygen atoms in total. The maximum Gasteiger partial charge on any atom is 0.261 e. The van der Waals surface area contributed by atoms with Gasteiger partial charge >= 0.3 is 0 Å². The van der Waals surface area contributed by atoms with E-state index in [0.29, 0.717) is 28.9 Å². The van der Waals surface area contributed by atoms with E-state index in [1.54, 1.807) is 35.4 Å². The average Bonchev–Trinajstić information content (AvgIpc) is 3.16. The maximum absolute atomic E-state index is 15.8. The Morgan fingerprint density at radius 2 is 1.94 bits per heavy atom. The SMILES string of the molecule is N#Cc1cncc2c1O[C@H]1C[C@@H]2N(C(=O)C2(F)CCN(C(=O)c3ccccc3)CC2)C1. The van der Waals surface area contributed by atoms with Crippen LogP contribution in [-0.2, 0) is 4.79 Å². The summed E-state index contributed by atoms with van der Waals surface area (Å²) in [6.45, 7) is 0.650. The van der Waals surface area contributed by atoms with E-state index in [4.69, 9.17) is 4.74 Å². The minimum Gasteiger partial charge on any atom is -0.487 e. The van der Waals surface area contributed by atoms with E-state index in [2.05, 4.69) is 11.1 Å². The number of hydrogen-bond donors (Lipinski definition) is 0. The summed E-state index contributed by atoms with van der Waals surface area (Å²) in [4.78, 5) is 33.2. The number of halogens is 1. The summed E-state index contributed by atoms with van der Waals surface area (Å²) < 4.78 is 21.7. The van der Waals surface area contributed by atoms with E-state index in [1.807, 2.05) is 6.07 Å². The first-order valence-electron chi connectivity index (χ1n) is 10.4. The van der Waals surface area contributed by atoms with E-state index in [1.165, 1.54) is 11.1 Å². The summed E-state index contributed by atoms with van der Waals surface area (Å²) in [5, 5.41) is 9.32. The quantitative estimate of drug-likeness (QED) is 0.746. The van der Waals surface area contributed by atoms with Crippen molar-refractivity contribution in [3.05, 3.63) is 59.4 Å². The van der Waals surface area contributed by atoms with Gasteiger partial charge in [0.15, 0.2) is 5.67 Å². The Balaban J connectivity index is 1.32. The molecular weight excluding hydrogens is 399 g/mol. The minimum absolute atomic E-state index is 0.0392. The number of carbonyl (C=O) groups is 2. The van der Waals surface area contributed by atoms with Gasteiger partial charge in [-0.2, -0.15) is 5.26 Å². The van der Waals surface area contributed by atoms with Gasteiger partial charge in [0.05, 0.1) is 12.6 Å². The minimum atomic E-state index is -2.02. The van der Waals surface area contributed by atoms with Crippen LogP contribution in [0, 0.1) is 11.3 Å². The van der Waals surface area contributed by atoms with Crippen LogP contribution < -0.4 is 4.74 Å². The lowest BCUT2D eigenvalue weighted by molar-refractivity contribution is -0.148. The van der Waals surface area contributed by atoms with Gasteiger partial charge in [0.2, 0.25) is 0 Å². The van der Waals surface area contributed by atoms with E-state index >= 15 is 4.39 Å². The van der Waals surface area contributed by atoms with E-state index < -0.39 is 11.6 Å². The van der Waals surface area contributed by atoms with Crippen LogP contribution in [0.1, 0.15) is 46.8 Å². The largest absolute Gasteiger partial charge is 0.487 e. The number of hydrogen-bond acceptors (Lipinski definition) is 5. The lowest BCUT2D eigenvalue weighted by atomic mass is 9.90. The van der Waals surface area contributed by atoms with Gasteiger partial charge in [0.1, 0.15) is 23.5 Å². The number of carbonyl (C=O) groups excluding carboxylic acids is 2. The van der Waals surface area contributed by atoms with E-state index in [0.717, 1.165) is 0 Å². The predicted molar refractivity (Wildman–Crippen MR) is 108 cm³/mol. The van der Waals surface area contributed by atoms with Gasteiger partial charge in [0, 0.05) is 55.9 Å². The second kappa shape index (κ2) is 7.34. The fourth-order valence-corrected chi connectivity index (χ4v) is 4.78. The van der Waals surface area contributed by atoms with Crippen LogP contribution >= 0.6 is 0 Å². The molecule has 0 aliphatic carbocycles. The van der Waals surface area contributed by atoms with Crippen LogP contribution in [0.3, 0.4) is 0 Å². The molecule has 5 rings (SSSR count). The summed E-state index contributed by atoms with van der Waals surface area (Å²) in [7, 11) is 0. The Morgan fingerprint density at radius 3 is 2.65 bits per heavy atom. The number of alkyl halides is 1. The third kappa shape index (κ3) is 3.21. The highest BCUT2D eigenvalue weighted by molar-refractivity contribution is 5.94. The zero-order valence-electron chi connectivity index (χ0n) is 16.8. The second-order valence-corrected chi connectivity index (χ2v) is 8.29. The first-order chi connectivity index (χ1) is 15.0. The monoisotopic (exact) mass is 420 g/mol. The molecule has 8 heteroatoms. The van der Waals surface area contributed by atoms with Crippen LogP contribution in [-0.4, -0.2) is 58.0 Å². The summed E-state index contributed by atoms with van der Waals surface area (Å²) in [5.74, 6) is -0.264. The van der Waals surface area contributed by atoms with Gasteiger partial charge in [-0.3, -0.25) is 14.6 Å². The van der Waals surface area contributed by atoms with Crippen molar-refractivity contribution in [2.45, 2.75) is 37.1 Å². The number of piperidine rings is 1. The summed E-state index contributed by atoms with van der Waals surface area (Å²) >= 11 is 0. The Kier molecular flexibility index (Phi) is 4.62. The van der Waals surface area contributed by atoms with Gasteiger partial charge in [-0.05, 0) is 12.1 Å². The molecule has 2 aromatic rings. The van der Waals surface area contributed by atoms with Gasteiger partial charge in [-0.25, -0.2) is 4.39 Å². The van der Waals surface area contributed by atoms with Crippen molar-refractivity contribution in [3.8, 4) is 11.8 Å². The molecule has 3 aliphatic heterocycles. The maximum atomic E-state index is 15.8. The van der Waals surface area contributed by atoms with Gasteiger partial charge in [-0.1, -0.05) is 18.2 Å². The molecule has 2 fully saturated rings. The van der Waals surface area contributed by atoms with Gasteiger partial charge < -0.3 is 14.5 Å². The predicted octanol–water partition coefficient (Wildman–Crippen LogP) is 2.63. The van der Waals surface area contributed by atoms with Crippen molar-refractivity contribution in [3.63, 3.8) is 0 Å². The molecule has 2 saturated heterocycles. The number of benzene rings is 1. The first kappa shape index (κ1) is 19.5. The fourth-order valence-electron chi connectivity index (χ4n) is 4.78. The fraction of sp³-hybridized carbons (Fsp3) is 0.391. The van der Waals surface area contributed by atoms with Crippen molar-refractivity contribution < 1.29 is 18.7 Å². The summed E-state index contributed by atoms with van der Waals surface area (Å²) in [6.07, 6.45) is 3.24. The number of rotatable bonds is 2. The number of nitriles is 1. The van der Waals surface area contributed by atoms with Gasteiger partial charge in [0.25, 0.3) is 11.8 Å². The van der Waals surface area contributed by atoms with Crippen molar-refractivity contribution >= 4 is 11.8 Å². The van der Waals surface area contributed by atoms with Crippen LogP contribution in [0.2, 0.25) is 0 Å². The van der Waals surface area contributed by atoms with Crippen molar-refractivity contribution in [1.82, 2.24) is 14.8 Å². The van der Waals surface area contributed by atoms with E-state index in [9.17, 15) is 14.9 Å². The Bertz CT molecular complexity index is 1080. The van der Waals surface area contributed by atoms with Crippen molar-refractivity contribution in [2.24, 2.45) is 0 Å². The molecule has 2 atom stereocenters. The number of amides is 2. The molecule has 1 aromatic carbocycles. The number of nitrogens with zero attached hydrogens (tertiary/aromatic N) is 4. The van der Waals surface area contributed by atoms with Crippen molar-refractivity contribution in [2.75, 3.05) is 19.6 Å². The molecule has 158 valence electrons. The van der Waals surface area contributed by atoms with Crippen LogP contribution in [0.5, 0.6) is 5.75 Å². The van der Waals surface area contributed by atoms with E-state index in [-0.39, 0.29) is 50.5 Å². The van der Waals surface area contributed by atoms with Crippen molar-refractivity contribution in [1.29, 1.82) is 5.26 Å². The molecule has 0 N–H and O–H groups in total. The summed E-state index contributed by atoms with van der Waals surface area (Å²) in [5.41, 5.74) is -0.487. The Labute approximate surface area is 179 Å². The highest BCUT2D eigenvalue weighted by atomic mass is 19.1. The Morgan fingerprint density at radius 1 is 1.19 bits per heavy atom. The molecule has 2 amide bonds. The molecule has 1 aromatic heterocycles. The molecule has 0 spiro atoms. The third-order valence-corrected chi connectivity index (χ3v) is 6.46. The molecule has 0 saturated carbocycles. The standard InChI is InChI=1S/C23H21FN4O3/c24-23(6-8-27(9-7-23)21(29)15-4-2-1-3-5-15)22(30)28-14-17-10-19(28)18-13-26-12-16(11-25)20(18)31-17/h1-5,12-13,17,19H,6-10,14H2/t17-,19-/m0/s1. The highest BCUT2D eigenvalue weighted by Crippen LogP contribution is 2.46. The highest BCUT2D eigenvalue weighted by Gasteiger charge is 2.51. The second-order valence-electron chi connectivity index (χ2n) is 8.29. The number of ether oxygens (including phenoxy) is 1. The number of likely N-dealkylation sites (tertiary alicyclic amines) is 2. The summed E-state index contributed by atoms with van der Waals surface area (Å²) in [6, 6.07) is 10.6. The molecule has 3 aliphatic rings. The third-order valence-electron chi connectivity index (χ3n) is 6.46.